The zero-order valence-electron chi connectivity index (χ0n) is 6.06. The second kappa shape index (κ2) is 2.68. The fraction of sp³-hybridized carbons (Fsp3) is 0.857. The van der Waals surface area contributed by atoms with Crippen molar-refractivity contribution in [2.75, 3.05) is 19.8 Å². The van der Waals surface area contributed by atoms with E-state index in [9.17, 15) is 0 Å². The molecule has 0 saturated carbocycles. The van der Waals surface area contributed by atoms with E-state index in [1.807, 2.05) is 0 Å². The van der Waals surface area contributed by atoms with Gasteiger partial charge in [-0.2, -0.15) is 0 Å². The summed E-state index contributed by atoms with van der Waals surface area (Å²) >= 11 is 0. The summed E-state index contributed by atoms with van der Waals surface area (Å²) in [5.41, 5.74) is 1.33. The molecular formula is C7H13N3. The summed E-state index contributed by atoms with van der Waals surface area (Å²) in [5.74, 6) is 0. The fourth-order valence-corrected chi connectivity index (χ4v) is 1.58. The lowest BCUT2D eigenvalue weighted by Gasteiger charge is -2.29. The van der Waals surface area contributed by atoms with Gasteiger partial charge in [-0.25, -0.2) is 0 Å². The van der Waals surface area contributed by atoms with E-state index in [4.69, 9.17) is 0 Å². The summed E-state index contributed by atoms with van der Waals surface area (Å²) in [5, 5.41) is 6.62. The molecule has 2 heterocycles. The first-order valence-electron chi connectivity index (χ1n) is 3.94. The SMILES string of the molecule is C1CN=C2CNCNC2C1. The first-order chi connectivity index (χ1) is 4.97. The molecule has 2 N–H and O–H groups in total. The molecule has 0 bridgehead atoms. The Balaban J connectivity index is 2.08. The predicted molar refractivity (Wildman–Crippen MR) is 41.3 cm³/mol. The minimum Gasteiger partial charge on any atom is -0.299 e. The fourth-order valence-electron chi connectivity index (χ4n) is 1.58. The molecule has 2 aliphatic rings. The van der Waals surface area contributed by atoms with Gasteiger partial charge in [0.15, 0.2) is 0 Å². The predicted octanol–water partition coefficient (Wildman–Crippen LogP) is -0.260. The van der Waals surface area contributed by atoms with Crippen LogP contribution < -0.4 is 10.6 Å². The van der Waals surface area contributed by atoms with Gasteiger partial charge in [0.25, 0.3) is 0 Å². The Hall–Kier alpha value is -0.410. The van der Waals surface area contributed by atoms with Crippen LogP contribution in [0.2, 0.25) is 0 Å². The number of hydrogen-bond donors (Lipinski definition) is 2. The maximum absolute atomic E-state index is 4.44. The summed E-state index contributed by atoms with van der Waals surface area (Å²) in [6.45, 7) is 2.98. The van der Waals surface area contributed by atoms with Gasteiger partial charge < -0.3 is 0 Å². The number of aliphatic imine (C=N–C) groups is 1. The molecule has 0 spiro atoms. The third-order valence-corrected chi connectivity index (χ3v) is 2.15. The van der Waals surface area contributed by atoms with Gasteiger partial charge in [-0.3, -0.25) is 15.6 Å². The lowest BCUT2D eigenvalue weighted by Crippen LogP contribution is -2.53. The molecule has 3 heteroatoms. The van der Waals surface area contributed by atoms with Gasteiger partial charge in [0.1, 0.15) is 0 Å². The molecule has 1 unspecified atom stereocenters. The van der Waals surface area contributed by atoms with E-state index >= 15 is 0 Å². The highest BCUT2D eigenvalue weighted by Crippen LogP contribution is 2.08. The van der Waals surface area contributed by atoms with Crippen molar-refractivity contribution in [3.05, 3.63) is 0 Å². The van der Waals surface area contributed by atoms with Gasteiger partial charge in [-0.05, 0) is 12.8 Å². The van der Waals surface area contributed by atoms with Crippen LogP contribution in [0.25, 0.3) is 0 Å². The van der Waals surface area contributed by atoms with Gasteiger partial charge in [-0.1, -0.05) is 0 Å². The summed E-state index contributed by atoms with van der Waals surface area (Å²) in [6.07, 6.45) is 2.53. The van der Waals surface area contributed by atoms with Crippen LogP contribution in [0.4, 0.5) is 0 Å². The van der Waals surface area contributed by atoms with Gasteiger partial charge in [0.05, 0.1) is 0 Å². The topological polar surface area (TPSA) is 36.4 Å². The number of nitrogens with zero attached hydrogens (tertiary/aromatic N) is 1. The van der Waals surface area contributed by atoms with Crippen LogP contribution in [0, 0.1) is 0 Å². The van der Waals surface area contributed by atoms with E-state index in [0.717, 1.165) is 19.8 Å². The average Bonchev–Trinajstić information content (AvgIpc) is 2.05. The smallest absolute Gasteiger partial charge is 0.0474 e. The molecular weight excluding hydrogens is 126 g/mol. The van der Waals surface area contributed by atoms with Crippen molar-refractivity contribution in [1.29, 1.82) is 0 Å². The van der Waals surface area contributed by atoms with Crippen LogP contribution in [0.5, 0.6) is 0 Å². The van der Waals surface area contributed by atoms with Crippen LogP contribution in [0.3, 0.4) is 0 Å². The highest BCUT2D eigenvalue weighted by Gasteiger charge is 2.20. The van der Waals surface area contributed by atoms with E-state index in [-0.39, 0.29) is 0 Å². The highest BCUT2D eigenvalue weighted by molar-refractivity contribution is 5.92. The first kappa shape index (κ1) is 6.31. The molecule has 3 nitrogen and oxygen atoms in total. The zero-order chi connectivity index (χ0) is 6.81. The van der Waals surface area contributed by atoms with Crippen molar-refractivity contribution >= 4 is 5.71 Å². The molecule has 10 heavy (non-hydrogen) atoms. The Kier molecular flexibility index (Phi) is 1.69. The van der Waals surface area contributed by atoms with Gasteiger partial charge in [-0.15, -0.1) is 0 Å². The Morgan fingerprint density at radius 1 is 1.50 bits per heavy atom. The number of hydrogen-bond acceptors (Lipinski definition) is 3. The maximum Gasteiger partial charge on any atom is 0.0474 e. The van der Waals surface area contributed by atoms with Crippen molar-refractivity contribution in [2.45, 2.75) is 18.9 Å². The molecule has 2 aliphatic heterocycles. The minimum atomic E-state index is 0.593. The van der Waals surface area contributed by atoms with E-state index in [1.54, 1.807) is 0 Å². The molecule has 56 valence electrons. The lowest BCUT2D eigenvalue weighted by molar-refractivity contribution is 0.479. The molecule has 0 aromatic rings. The normalized spacial score (nSPS) is 32.8. The van der Waals surface area contributed by atoms with Crippen molar-refractivity contribution in [2.24, 2.45) is 4.99 Å². The molecule has 1 atom stereocenters. The van der Waals surface area contributed by atoms with E-state index in [2.05, 4.69) is 15.6 Å². The summed E-state index contributed by atoms with van der Waals surface area (Å²) in [6, 6.07) is 0.593. The standard InChI is InChI=1S/C7H13N3/c1-2-6-7(9-3-1)4-8-5-10-6/h6,8,10H,1-5H2. The van der Waals surface area contributed by atoms with E-state index in [1.165, 1.54) is 18.6 Å². The van der Waals surface area contributed by atoms with Crippen LogP contribution in [-0.4, -0.2) is 31.5 Å². The number of nitrogens with one attached hydrogen (secondary N) is 2. The zero-order valence-corrected chi connectivity index (χ0v) is 6.06. The van der Waals surface area contributed by atoms with Crippen molar-refractivity contribution in [3.63, 3.8) is 0 Å². The largest absolute Gasteiger partial charge is 0.299 e. The van der Waals surface area contributed by atoms with Gasteiger partial charge in [0, 0.05) is 31.5 Å². The molecule has 2 rings (SSSR count). The van der Waals surface area contributed by atoms with E-state index < -0.39 is 0 Å². The summed E-state index contributed by atoms with van der Waals surface area (Å²) < 4.78 is 0. The number of rotatable bonds is 0. The number of fused-ring (bicyclic) bond motifs is 1. The third-order valence-electron chi connectivity index (χ3n) is 2.15. The van der Waals surface area contributed by atoms with Crippen molar-refractivity contribution in [3.8, 4) is 0 Å². The van der Waals surface area contributed by atoms with Crippen molar-refractivity contribution < 1.29 is 0 Å². The molecule has 0 aliphatic carbocycles. The lowest BCUT2D eigenvalue weighted by atomic mass is 10.0. The molecule has 1 saturated heterocycles. The van der Waals surface area contributed by atoms with Crippen LogP contribution in [0.1, 0.15) is 12.8 Å². The minimum absolute atomic E-state index is 0.593. The second-order valence-electron chi connectivity index (χ2n) is 2.88. The monoisotopic (exact) mass is 139 g/mol. The molecule has 0 aromatic heterocycles. The highest BCUT2D eigenvalue weighted by atomic mass is 15.1. The second-order valence-corrected chi connectivity index (χ2v) is 2.88. The summed E-state index contributed by atoms with van der Waals surface area (Å²) in [7, 11) is 0. The Morgan fingerprint density at radius 2 is 2.50 bits per heavy atom. The van der Waals surface area contributed by atoms with Crippen LogP contribution in [0.15, 0.2) is 4.99 Å². The van der Waals surface area contributed by atoms with Gasteiger partial charge >= 0.3 is 0 Å². The third kappa shape index (κ3) is 1.07. The molecule has 0 amide bonds. The maximum atomic E-state index is 4.44. The molecule has 0 radical (unpaired) electrons. The summed E-state index contributed by atoms with van der Waals surface area (Å²) in [4.78, 5) is 4.44. The van der Waals surface area contributed by atoms with E-state index in [0.29, 0.717) is 6.04 Å². The average molecular weight is 139 g/mol. The Morgan fingerprint density at radius 3 is 3.40 bits per heavy atom. The van der Waals surface area contributed by atoms with Crippen LogP contribution in [-0.2, 0) is 0 Å². The quantitative estimate of drug-likeness (QED) is 0.485. The molecule has 1 fully saturated rings. The Labute approximate surface area is 60.9 Å². The Bertz CT molecular complexity index is 153. The van der Waals surface area contributed by atoms with Crippen LogP contribution >= 0.6 is 0 Å². The van der Waals surface area contributed by atoms with Gasteiger partial charge in [0.2, 0.25) is 0 Å². The van der Waals surface area contributed by atoms with Crippen molar-refractivity contribution in [1.82, 2.24) is 10.6 Å². The molecule has 0 aromatic carbocycles. The first-order valence-corrected chi connectivity index (χ1v) is 3.94.